The molecule has 0 bridgehead atoms. The zero-order valence-electron chi connectivity index (χ0n) is 15.0. The Hall–Kier alpha value is -1.43. The van der Waals surface area contributed by atoms with Gasteiger partial charge in [-0.1, -0.05) is 0 Å². The van der Waals surface area contributed by atoms with Gasteiger partial charge in [0.05, 0.1) is 0 Å². The summed E-state index contributed by atoms with van der Waals surface area (Å²) in [5.41, 5.74) is 0. The van der Waals surface area contributed by atoms with E-state index in [0.717, 1.165) is 6.42 Å². The molecule has 0 fully saturated rings. The minimum absolute atomic E-state index is 0.142. The molecule has 0 atom stereocenters. The van der Waals surface area contributed by atoms with Gasteiger partial charge in [-0.3, -0.25) is 0 Å². The average Bonchev–Trinajstić information content (AvgIpc) is 2.64. The predicted molar refractivity (Wildman–Crippen MR) is 119 cm³/mol. The van der Waals surface area contributed by atoms with Gasteiger partial charge in [0.25, 0.3) is 0 Å². The zero-order valence-corrected chi connectivity index (χ0v) is 17.5. The Morgan fingerprint density at radius 1 is 0.640 bits per heavy atom. The van der Waals surface area contributed by atoms with Crippen LogP contribution in [0.5, 0.6) is 0 Å². The van der Waals surface area contributed by atoms with Gasteiger partial charge in [-0.15, -0.1) is 0 Å². The topological polar surface area (TPSA) is 0 Å². The van der Waals surface area contributed by atoms with E-state index >= 15 is 0 Å². The molecule has 130 valence electrons. The van der Waals surface area contributed by atoms with E-state index in [0.29, 0.717) is 0 Å². The summed E-state index contributed by atoms with van der Waals surface area (Å²) in [6.45, 7) is 4.54. The van der Waals surface area contributed by atoms with Crippen LogP contribution in [0, 0.1) is 0 Å². The molecule has 0 saturated carbocycles. The maximum absolute atomic E-state index is 3.87. The van der Waals surface area contributed by atoms with Gasteiger partial charge in [0.15, 0.2) is 0 Å². The van der Waals surface area contributed by atoms with Crippen molar-refractivity contribution in [2.75, 3.05) is 6.16 Å². The van der Waals surface area contributed by atoms with Gasteiger partial charge >= 0.3 is 161 Å². The number of hydrogen-bond acceptors (Lipinski definition) is 0. The average molecular weight is 413 g/mol. The van der Waals surface area contributed by atoms with Crippen LogP contribution < -0.4 is 15.9 Å². The summed E-state index contributed by atoms with van der Waals surface area (Å²) in [7, 11) is -2.06. The number of halogens is 1. The Morgan fingerprint density at radius 2 is 0.960 bits per heavy atom. The third-order valence-corrected chi connectivity index (χ3v) is 10.2. The molecule has 0 aromatic heterocycles. The molecule has 0 amide bonds. The fourth-order valence-electron chi connectivity index (χ4n) is 3.59. The molecule has 2 heteroatoms. The fourth-order valence-corrected chi connectivity index (χ4v) is 9.30. The first-order valence-electron chi connectivity index (χ1n) is 8.88. The first kappa shape index (κ1) is 18.4. The Labute approximate surface area is 160 Å². The molecule has 0 aliphatic rings. The van der Waals surface area contributed by atoms with Crippen LogP contribution in [-0.4, -0.2) is 10.5 Å². The molecule has 0 unspecified atom stereocenters. The van der Waals surface area contributed by atoms with Crippen LogP contribution in [0.25, 0.3) is 0 Å². The molecule has 0 radical (unpaired) electrons. The molecule has 25 heavy (non-hydrogen) atoms. The van der Waals surface area contributed by atoms with Crippen LogP contribution in [0.4, 0.5) is 0 Å². The molecule has 3 rings (SSSR count). The standard InChI is InChI=1S/C23H26BrP/c1-23(2,24)18-19-25(20-12-6-3-7-13-20,21-14-8-4-9-15-21)22-16-10-5-11-17-22/h3-17,25H,18-19H2,1-2H3. The number of benzene rings is 3. The van der Waals surface area contributed by atoms with Crippen molar-refractivity contribution in [2.24, 2.45) is 0 Å². The quantitative estimate of drug-likeness (QED) is 0.381. The van der Waals surface area contributed by atoms with E-state index in [2.05, 4.69) is 121 Å². The van der Waals surface area contributed by atoms with E-state index in [1.165, 1.54) is 22.1 Å². The summed E-state index contributed by atoms with van der Waals surface area (Å²) in [5.74, 6) is 0. The number of hydrogen-bond donors (Lipinski definition) is 0. The third kappa shape index (κ3) is 4.22. The second-order valence-electron chi connectivity index (χ2n) is 7.22. The van der Waals surface area contributed by atoms with E-state index in [9.17, 15) is 0 Å². The second kappa shape index (κ2) is 7.85. The van der Waals surface area contributed by atoms with Gasteiger partial charge in [0, 0.05) is 0 Å². The van der Waals surface area contributed by atoms with Gasteiger partial charge in [0.1, 0.15) is 0 Å². The van der Waals surface area contributed by atoms with E-state index < -0.39 is 7.26 Å². The van der Waals surface area contributed by atoms with Crippen molar-refractivity contribution in [1.29, 1.82) is 0 Å². The normalized spacial score (nSPS) is 12.8. The van der Waals surface area contributed by atoms with Gasteiger partial charge in [-0.2, -0.15) is 0 Å². The Kier molecular flexibility index (Phi) is 5.77. The Morgan fingerprint density at radius 3 is 1.24 bits per heavy atom. The molecule has 0 spiro atoms. The Balaban J connectivity index is 2.24. The summed E-state index contributed by atoms with van der Waals surface area (Å²) in [5, 5.41) is 4.47. The van der Waals surface area contributed by atoms with Gasteiger partial charge in [0.2, 0.25) is 0 Å². The molecule has 0 aliphatic carbocycles. The van der Waals surface area contributed by atoms with Gasteiger partial charge < -0.3 is 0 Å². The molecule has 3 aromatic carbocycles. The molecule has 3 aromatic rings. The van der Waals surface area contributed by atoms with Crippen LogP contribution in [0.2, 0.25) is 0 Å². The number of alkyl halides is 1. The molecule has 0 heterocycles. The first-order chi connectivity index (χ1) is 12.0. The summed E-state index contributed by atoms with van der Waals surface area (Å²) in [6, 6.07) is 33.4. The minimum atomic E-state index is -2.06. The van der Waals surface area contributed by atoms with Crippen LogP contribution in [0.15, 0.2) is 91.0 Å². The summed E-state index contributed by atoms with van der Waals surface area (Å²) in [4.78, 5) is 0. The Bertz CT molecular complexity index is 680. The molecule has 0 N–H and O–H groups in total. The van der Waals surface area contributed by atoms with Crippen molar-refractivity contribution in [2.45, 2.75) is 24.6 Å². The SMILES string of the molecule is CC(C)(Br)CC[PH](c1ccccc1)(c1ccccc1)c1ccccc1. The monoisotopic (exact) mass is 412 g/mol. The van der Waals surface area contributed by atoms with Gasteiger partial charge in [-0.25, -0.2) is 0 Å². The molecule has 0 aliphatic heterocycles. The van der Waals surface area contributed by atoms with Crippen LogP contribution in [0.1, 0.15) is 20.3 Å². The first-order valence-corrected chi connectivity index (χ1v) is 11.9. The van der Waals surface area contributed by atoms with Crippen molar-refractivity contribution in [3.05, 3.63) is 91.0 Å². The van der Waals surface area contributed by atoms with Crippen LogP contribution >= 0.6 is 23.2 Å². The van der Waals surface area contributed by atoms with E-state index in [4.69, 9.17) is 0 Å². The maximum atomic E-state index is 3.87. The van der Waals surface area contributed by atoms with Crippen molar-refractivity contribution in [1.82, 2.24) is 0 Å². The van der Waals surface area contributed by atoms with E-state index in [1.54, 1.807) is 0 Å². The predicted octanol–water partition coefficient (Wildman–Crippen LogP) is 5.28. The second-order valence-corrected chi connectivity index (χ2v) is 13.4. The summed E-state index contributed by atoms with van der Waals surface area (Å²) >= 11 is 3.87. The van der Waals surface area contributed by atoms with Crippen molar-refractivity contribution in [3.8, 4) is 0 Å². The van der Waals surface area contributed by atoms with Crippen LogP contribution in [-0.2, 0) is 0 Å². The molecule has 0 nitrogen and oxygen atoms in total. The van der Waals surface area contributed by atoms with E-state index in [1.807, 2.05) is 0 Å². The van der Waals surface area contributed by atoms with E-state index in [-0.39, 0.29) is 4.32 Å². The molecule has 0 saturated heterocycles. The van der Waals surface area contributed by atoms with Crippen molar-refractivity contribution < 1.29 is 0 Å². The summed E-state index contributed by atoms with van der Waals surface area (Å²) in [6.07, 6.45) is 2.32. The third-order valence-electron chi connectivity index (χ3n) is 4.89. The van der Waals surface area contributed by atoms with Crippen molar-refractivity contribution >= 4 is 39.1 Å². The molecular formula is C23H26BrP. The number of rotatable bonds is 6. The van der Waals surface area contributed by atoms with Crippen molar-refractivity contribution in [3.63, 3.8) is 0 Å². The molecular weight excluding hydrogens is 387 g/mol. The zero-order chi connectivity index (χ0) is 17.8. The summed E-state index contributed by atoms with van der Waals surface area (Å²) < 4.78 is 0.142. The fraction of sp³-hybridized carbons (Fsp3) is 0.217. The van der Waals surface area contributed by atoms with Gasteiger partial charge in [-0.05, 0) is 0 Å². The van der Waals surface area contributed by atoms with Crippen LogP contribution in [0.3, 0.4) is 0 Å².